The third-order valence-electron chi connectivity index (χ3n) is 2.96. The Labute approximate surface area is 120 Å². The van der Waals surface area contributed by atoms with Crippen molar-refractivity contribution in [1.82, 2.24) is 4.98 Å². The zero-order valence-corrected chi connectivity index (χ0v) is 11.3. The minimum atomic E-state index is -0.524. The van der Waals surface area contributed by atoms with Gasteiger partial charge in [-0.25, -0.2) is 9.78 Å². The molecule has 0 atom stereocenters. The minimum absolute atomic E-state index is 0.176. The third-order valence-corrected chi connectivity index (χ3v) is 2.96. The van der Waals surface area contributed by atoms with Crippen LogP contribution in [0.4, 0.5) is 17.2 Å². The summed E-state index contributed by atoms with van der Waals surface area (Å²) in [5.41, 5.74) is 7.17. The number of hydrogen-bond donors (Lipinski definition) is 2. The summed E-state index contributed by atoms with van der Waals surface area (Å²) >= 11 is 0. The number of nitrogens with zero attached hydrogens (tertiary/aromatic N) is 1. The molecule has 7 heteroatoms. The number of carbonyl (C=O) groups excluding carboxylic acids is 1. The molecule has 0 fully saturated rings. The van der Waals surface area contributed by atoms with Gasteiger partial charge in [0.2, 0.25) is 6.79 Å². The summed E-state index contributed by atoms with van der Waals surface area (Å²) < 4.78 is 15.2. The SMILES string of the molecule is COC(=O)c1ccc(N)c(Nc2ccc3c(c2)OCO3)n1. The number of anilines is 3. The Kier molecular flexibility index (Phi) is 3.23. The summed E-state index contributed by atoms with van der Waals surface area (Å²) in [4.78, 5) is 15.6. The molecule has 108 valence electrons. The van der Waals surface area contributed by atoms with E-state index in [9.17, 15) is 4.79 Å². The van der Waals surface area contributed by atoms with E-state index < -0.39 is 5.97 Å². The molecule has 3 N–H and O–H groups in total. The van der Waals surface area contributed by atoms with E-state index in [0.29, 0.717) is 23.0 Å². The second-order valence-electron chi connectivity index (χ2n) is 4.32. The highest BCUT2D eigenvalue weighted by atomic mass is 16.7. The predicted molar refractivity (Wildman–Crippen MR) is 75.8 cm³/mol. The molecule has 1 aliphatic heterocycles. The molecule has 0 saturated heterocycles. The van der Waals surface area contributed by atoms with E-state index in [2.05, 4.69) is 15.0 Å². The number of hydrogen-bond acceptors (Lipinski definition) is 7. The maximum absolute atomic E-state index is 11.5. The Morgan fingerprint density at radius 2 is 2.10 bits per heavy atom. The summed E-state index contributed by atoms with van der Waals surface area (Å²) in [6, 6.07) is 8.46. The van der Waals surface area contributed by atoms with E-state index in [1.807, 2.05) is 0 Å². The Morgan fingerprint density at radius 3 is 2.90 bits per heavy atom. The maximum atomic E-state index is 11.5. The maximum Gasteiger partial charge on any atom is 0.356 e. The highest BCUT2D eigenvalue weighted by Gasteiger charge is 2.15. The van der Waals surface area contributed by atoms with Gasteiger partial charge in [-0.15, -0.1) is 0 Å². The molecule has 0 amide bonds. The van der Waals surface area contributed by atoms with Gasteiger partial charge in [0.1, 0.15) is 0 Å². The van der Waals surface area contributed by atoms with Crippen LogP contribution in [0.25, 0.3) is 0 Å². The van der Waals surface area contributed by atoms with Gasteiger partial charge in [-0.1, -0.05) is 0 Å². The van der Waals surface area contributed by atoms with Crippen LogP contribution in [-0.2, 0) is 4.74 Å². The fourth-order valence-electron chi connectivity index (χ4n) is 1.90. The lowest BCUT2D eigenvalue weighted by atomic mass is 10.2. The van der Waals surface area contributed by atoms with Crippen LogP contribution in [0.1, 0.15) is 10.5 Å². The lowest BCUT2D eigenvalue weighted by Gasteiger charge is -2.10. The fraction of sp³-hybridized carbons (Fsp3) is 0.143. The van der Waals surface area contributed by atoms with Gasteiger partial charge < -0.3 is 25.3 Å². The van der Waals surface area contributed by atoms with Crippen LogP contribution in [-0.4, -0.2) is 24.9 Å². The number of nitrogens with two attached hydrogens (primary N) is 1. The van der Waals surface area contributed by atoms with Gasteiger partial charge in [-0.2, -0.15) is 0 Å². The number of rotatable bonds is 3. The number of pyridine rings is 1. The van der Waals surface area contributed by atoms with Crippen molar-refractivity contribution in [2.75, 3.05) is 25.0 Å². The zero-order chi connectivity index (χ0) is 14.8. The molecular weight excluding hydrogens is 274 g/mol. The molecule has 0 radical (unpaired) electrons. The fourth-order valence-corrected chi connectivity index (χ4v) is 1.90. The number of ether oxygens (including phenoxy) is 3. The van der Waals surface area contributed by atoms with Crippen LogP contribution >= 0.6 is 0 Å². The molecule has 0 unspecified atom stereocenters. The number of fused-ring (bicyclic) bond motifs is 1. The van der Waals surface area contributed by atoms with Crippen molar-refractivity contribution in [2.45, 2.75) is 0 Å². The average Bonchev–Trinajstić information content (AvgIpc) is 2.96. The van der Waals surface area contributed by atoms with E-state index in [1.54, 1.807) is 24.3 Å². The Morgan fingerprint density at radius 1 is 1.29 bits per heavy atom. The topological polar surface area (TPSA) is 95.7 Å². The molecule has 1 aliphatic rings. The van der Waals surface area contributed by atoms with E-state index in [1.165, 1.54) is 13.2 Å². The van der Waals surface area contributed by atoms with Gasteiger partial charge >= 0.3 is 5.97 Å². The van der Waals surface area contributed by atoms with Crippen molar-refractivity contribution >= 4 is 23.2 Å². The summed E-state index contributed by atoms with van der Waals surface area (Å²) in [6.07, 6.45) is 0. The van der Waals surface area contributed by atoms with Gasteiger partial charge in [-0.3, -0.25) is 0 Å². The molecule has 3 rings (SSSR count). The van der Waals surface area contributed by atoms with E-state index in [4.69, 9.17) is 15.2 Å². The quantitative estimate of drug-likeness (QED) is 0.832. The summed E-state index contributed by atoms with van der Waals surface area (Å²) in [6.45, 7) is 0.205. The number of aromatic nitrogens is 1. The monoisotopic (exact) mass is 287 g/mol. The Balaban J connectivity index is 1.89. The van der Waals surface area contributed by atoms with Crippen LogP contribution in [0.5, 0.6) is 11.5 Å². The summed E-state index contributed by atoms with van der Waals surface area (Å²) in [5.74, 6) is 1.17. The largest absolute Gasteiger partial charge is 0.464 e. The van der Waals surface area contributed by atoms with Gasteiger partial charge in [0.05, 0.1) is 12.8 Å². The van der Waals surface area contributed by atoms with E-state index in [-0.39, 0.29) is 12.5 Å². The van der Waals surface area contributed by atoms with Crippen LogP contribution < -0.4 is 20.5 Å². The number of esters is 1. The normalized spacial score (nSPS) is 12.0. The van der Waals surface area contributed by atoms with E-state index in [0.717, 1.165) is 5.69 Å². The first kappa shape index (κ1) is 13.0. The molecule has 21 heavy (non-hydrogen) atoms. The predicted octanol–water partition coefficient (Wildman–Crippen LogP) is 1.92. The standard InChI is InChI=1S/C14H13N3O4/c1-19-14(18)10-4-3-9(15)13(17-10)16-8-2-5-11-12(6-8)21-7-20-11/h2-6H,7,15H2,1H3,(H,16,17). The van der Waals surface area contributed by atoms with Crippen LogP contribution in [0.15, 0.2) is 30.3 Å². The number of benzene rings is 1. The minimum Gasteiger partial charge on any atom is -0.464 e. The van der Waals surface area contributed by atoms with Crippen molar-refractivity contribution in [3.05, 3.63) is 36.0 Å². The second-order valence-corrected chi connectivity index (χ2v) is 4.32. The highest BCUT2D eigenvalue weighted by Crippen LogP contribution is 2.35. The molecule has 0 spiro atoms. The van der Waals surface area contributed by atoms with Gasteiger partial charge in [0, 0.05) is 11.8 Å². The first-order valence-corrected chi connectivity index (χ1v) is 6.19. The number of carbonyl (C=O) groups is 1. The highest BCUT2D eigenvalue weighted by molar-refractivity contribution is 5.88. The van der Waals surface area contributed by atoms with Crippen LogP contribution in [0.3, 0.4) is 0 Å². The van der Waals surface area contributed by atoms with Crippen molar-refractivity contribution < 1.29 is 19.0 Å². The smallest absolute Gasteiger partial charge is 0.356 e. The molecule has 2 aromatic rings. The number of methoxy groups -OCH3 is 1. The van der Waals surface area contributed by atoms with Crippen molar-refractivity contribution in [3.8, 4) is 11.5 Å². The zero-order valence-electron chi connectivity index (χ0n) is 11.3. The molecule has 0 bridgehead atoms. The summed E-state index contributed by atoms with van der Waals surface area (Å²) in [5, 5.41) is 3.04. The van der Waals surface area contributed by atoms with Gasteiger partial charge in [-0.05, 0) is 24.3 Å². The molecular formula is C14H13N3O4. The van der Waals surface area contributed by atoms with Crippen LogP contribution in [0.2, 0.25) is 0 Å². The molecule has 0 saturated carbocycles. The molecule has 1 aromatic heterocycles. The number of nitrogen functional groups attached to an aromatic ring is 1. The summed E-state index contributed by atoms with van der Waals surface area (Å²) in [7, 11) is 1.30. The van der Waals surface area contributed by atoms with Crippen molar-refractivity contribution in [3.63, 3.8) is 0 Å². The molecule has 0 aliphatic carbocycles. The molecule has 1 aromatic carbocycles. The van der Waals surface area contributed by atoms with Gasteiger partial charge in [0.25, 0.3) is 0 Å². The Bertz CT molecular complexity index is 703. The van der Waals surface area contributed by atoms with Gasteiger partial charge in [0.15, 0.2) is 23.0 Å². The Hall–Kier alpha value is -2.96. The van der Waals surface area contributed by atoms with E-state index >= 15 is 0 Å². The average molecular weight is 287 g/mol. The van der Waals surface area contributed by atoms with Crippen LogP contribution in [0, 0.1) is 0 Å². The first-order valence-electron chi connectivity index (χ1n) is 6.19. The lowest BCUT2D eigenvalue weighted by molar-refractivity contribution is 0.0594. The molecule has 7 nitrogen and oxygen atoms in total. The lowest BCUT2D eigenvalue weighted by Crippen LogP contribution is -2.07. The first-order chi connectivity index (χ1) is 10.2. The molecule has 2 heterocycles. The second kappa shape index (κ2) is 5.20. The van der Waals surface area contributed by atoms with Crippen molar-refractivity contribution in [2.24, 2.45) is 0 Å². The van der Waals surface area contributed by atoms with Crippen molar-refractivity contribution in [1.29, 1.82) is 0 Å². The number of nitrogens with one attached hydrogen (secondary N) is 1. The third kappa shape index (κ3) is 2.53.